The number of piperidine rings is 1. The van der Waals surface area contributed by atoms with Gasteiger partial charge in [-0.15, -0.1) is 0 Å². The molecule has 3 heterocycles. The minimum Gasteiger partial charge on any atom is -0.481 e. The van der Waals surface area contributed by atoms with Crippen molar-refractivity contribution in [3.8, 4) is 0 Å². The van der Waals surface area contributed by atoms with Crippen molar-refractivity contribution < 1.29 is 14.7 Å². The second-order valence-electron chi connectivity index (χ2n) is 6.57. The molecule has 0 unspecified atom stereocenters. The molecule has 24 heavy (non-hydrogen) atoms. The minimum atomic E-state index is -0.831. The molecule has 0 aliphatic carbocycles. The summed E-state index contributed by atoms with van der Waals surface area (Å²) in [4.78, 5) is 35.4. The Labute approximate surface area is 140 Å². The maximum atomic E-state index is 12.1. The lowest BCUT2D eigenvalue weighted by atomic mass is 10.0. The average molecular weight is 333 g/mol. The number of likely N-dealkylation sites (tertiary alicyclic amines) is 1. The molecule has 130 valence electrons. The number of carboxylic acids is 1. The van der Waals surface area contributed by atoms with Gasteiger partial charge < -0.3 is 20.2 Å². The van der Waals surface area contributed by atoms with Crippen LogP contribution in [0.1, 0.15) is 24.4 Å². The van der Waals surface area contributed by atoms with Crippen LogP contribution in [0, 0.1) is 19.8 Å². The zero-order valence-electron chi connectivity index (χ0n) is 14.0. The highest BCUT2D eigenvalue weighted by atomic mass is 16.4. The maximum absolute atomic E-state index is 12.1. The summed E-state index contributed by atoms with van der Waals surface area (Å²) in [6.45, 7) is 6.12. The third-order valence-electron chi connectivity index (χ3n) is 4.62. The van der Waals surface area contributed by atoms with Crippen LogP contribution in [-0.2, 0) is 4.79 Å². The van der Waals surface area contributed by atoms with E-state index < -0.39 is 11.9 Å². The Hall–Kier alpha value is -2.38. The van der Waals surface area contributed by atoms with Crippen molar-refractivity contribution in [2.24, 2.45) is 5.92 Å². The Morgan fingerprint density at radius 2 is 1.88 bits per heavy atom. The number of rotatable bonds is 3. The fourth-order valence-electron chi connectivity index (χ4n) is 3.18. The van der Waals surface area contributed by atoms with Crippen molar-refractivity contribution in [1.82, 2.24) is 20.2 Å². The lowest BCUT2D eigenvalue weighted by Crippen LogP contribution is -2.58. The first-order valence-electron chi connectivity index (χ1n) is 8.28. The molecule has 2 N–H and O–H groups in total. The van der Waals surface area contributed by atoms with Crippen LogP contribution in [0.25, 0.3) is 0 Å². The lowest BCUT2D eigenvalue weighted by Gasteiger charge is -2.39. The number of carbonyl (C=O) groups excluding carboxylic acids is 1. The van der Waals surface area contributed by atoms with Crippen molar-refractivity contribution in [2.45, 2.75) is 32.7 Å². The van der Waals surface area contributed by atoms with Crippen LogP contribution < -0.4 is 10.2 Å². The number of nitrogens with one attached hydrogen (secondary N) is 1. The highest BCUT2D eigenvalue weighted by Gasteiger charge is 2.36. The normalized spacial score (nSPS) is 19.1. The van der Waals surface area contributed by atoms with E-state index in [0.29, 0.717) is 13.1 Å². The number of aryl methyl sites for hydroxylation is 2. The summed E-state index contributed by atoms with van der Waals surface area (Å²) in [5.41, 5.74) is 0.957. The van der Waals surface area contributed by atoms with E-state index in [1.165, 1.54) is 0 Å². The number of carboxylic acid groups (broad SMARTS) is 1. The van der Waals surface area contributed by atoms with Crippen LogP contribution in [0.5, 0.6) is 0 Å². The van der Waals surface area contributed by atoms with Gasteiger partial charge in [0.25, 0.3) is 0 Å². The smallest absolute Gasteiger partial charge is 0.317 e. The van der Waals surface area contributed by atoms with Crippen molar-refractivity contribution >= 4 is 17.8 Å². The predicted octanol–water partition coefficient (Wildman–Crippen LogP) is 0.788. The number of aromatic nitrogens is 2. The van der Waals surface area contributed by atoms with Gasteiger partial charge in [0.05, 0.1) is 5.92 Å². The molecule has 0 aromatic carbocycles. The van der Waals surface area contributed by atoms with Crippen LogP contribution >= 0.6 is 0 Å². The molecule has 0 atom stereocenters. The first-order chi connectivity index (χ1) is 11.4. The molecule has 2 saturated heterocycles. The largest absolute Gasteiger partial charge is 0.481 e. The van der Waals surface area contributed by atoms with Gasteiger partial charge >= 0.3 is 12.0 Å². The van der Waals surface area contributed by atoms with Crippen LogP contribution in [0.2, 0.25) is 0 Å². The van der Waals surface area contributed by atoms with Crippen molar-refractivity contribution in [3.63, 3.8) is 0 Å². The van der Waals surface area contributed by atoms with E-state index in [0.717, 1.165) is 43.3 Å². The molecule has 2 aliphatic rings. The quantitative estimate of drug-likeness (QED) is 0.848. The zero-order chi connectivity index (χ0) is 17.3. The molecule has 1 aromatic rings. The topological polar surface area (TPSA) is 98.7 Å². The number of urea groups is 1. The number of hydrogen-bond acceptors (Lipinski definition) is 5. The van der Waals surface area contributed by atoms with E-state index in [1.807, 2.05) is 19.9 Å². The van der Waals surface area contributed by atoms with Gasteiger partial charge in [-0.05, 0) is 26.7 Å². The van der Waals surface area contributed by atoms with E-state index in [2.05, 4.69) is 20.2 Å². The molecular weight excluding hydrogens is 310 g/mol. The Bertz CT molecular complexity index is 616. The van der Waals surface area contributed by atoms with E-state index >= 15 is 0 Å². The Kier molecular flexibility index (Phi) is 4.55. The fourth-order valence-corrected chi connectivity index (χ4v) is 3.18. The summed E-state index contributed by atoms with van der Waals surface area (Å²) in [7, 11) is 0. The van der Waals surface area contributed by atoms with Gasteiger partial charge in [0, 0.05) is 44.0 Å². The first kappa shape index (κ1) is 16.5. The molecular formula is C16H23N5O3. The first-order valence-corrected chi connectivity index (χ1v) is 8.28. The second-order valence-corrected chi connectivity index (χ2v) is 6.57. The number of carbonyl (C=O) groups is 2. The van der Waals surface area contributed by atoms with Gasteiger partial charge in [0.2, 0.25) is 0 Å². The van der Waals surface area contributed by atoms with Gasteiger partial charge in [-0.25, -0.2) is 14.8 Å². The number of nitrogens with zero attached hydrogens (tertiary/aromatic N) is 4. The number of amides is 2. The van der Waals surface area contributed by atoms with Crippen LogP contribution in [-0.4, -0.2) is 64.2 Å². The van der Waals surface area contributed by atoms with Gasteiger partial charge in [-0.1, -0.05) is 0 Å². The predicted molar refractivity (Wildman–Crippen MR) is 88.0 cm³/mol. The SMILES string of the molecule is Cc1cc(N2CCC(NC(=O)N3CC(C(=O)O)C3)CC2)nc(C)n1. The highest BCUT2D eigenvalue weighted by molar-refractivity contribution is 5.79. The number of anilines is 1. The summed E-state index contributed by atoms with van der Waals surface area (Å²) >= 11 is 0. The highest BCUT2D eigenvalue weighted by Crippen LogP contribution is 2.20. The average Bonchev–Trinajstić information content (AvgIpc) is 2.44. The number of hydrogen-bond donors (Lipinski definition) is 2. The van der Waals surface area contributed by atoms with Crippen molar-refractivity contribution in [3.05, 3.63) is 17.6 Å². The molecule has 8 nitrogen and oxygen atoms in total. The van der Waals surface area contributed by atoms with E-state index in [1.54, 1.807) is 4.90 Å². The van der Waals surface area contributed by atoms with E-state index in [4.69, 9.17) is 5.11 Å². The van der Waals surface area contributed by atoms with Gasteiger partial charge in [-0.3, -0.25) is 4.79 Å². The van der Waals surface area contributed by atoms with Crippen LogP contribution in [0.15, 0.2) is 6.07 Å². The van der Waals surface area contributed by atoms with Crippen LogP contribution in [0.3, 0.4) is 0 Å². The molecule has 0 saturated carbocycles. The van der Waals surface area contributed by atoms with Crippen molar-refractivity contribution in [2.75, 3.05) is 31.1 Å². The third kappa shape index (κ3) is 3.58. The Morgan fingerprint density at radius 3 is 2.46 bits per heavy atom. The van der Waals surface area contributed by atoms with Crippen LogP contribution in [0.4, 0.5) is 10.6 Å². The summed E-state index contributed by atoms with van der Waals surface area (Å²) in [5.74, 6) is 0.465. The molecule has 8 heteroatoms. The standard InChI is InChI=1S/C16H23N5O3/c1-10-7-14(18-11(2)17-10)20-5-3-13(4-6-20)19-16(24)21-8-12(9-21)15(22)23/h7,12-13H,3-6,8-9H2,1-2H3,(H,19,24)(H,22,23). The fraction of sp³-hybridized carbons (Fsp3) is 0.625. The lowest BCUT2D eigenvalue weighted by molar-refractivity contribution is -0.146. The monoisotopic (exact) mass is 333 g/mol. The maximum Gasteiger partial charge on any atom is 0.317 e. The summed E-state index contributed by atoms with van der Waals surface area (Å²) in [6, 6.07) is 1.96. The minimum absolute atomic E-state index is 0.127. The molecule has 2 aliphatic heterocycles. The molecule has 0 bridgehead atoms. The number of aliphatic carboxylic acids is 1. The van der Waals surface area contributed by atoms with Gasteiger partial charge in [0.15, 0.2) is 0 Å². The molecule has 2 amide bonds. The molecule has 1 aromatic heterocycles. The van der Waals surface area contributed by atoms with Crippen molar-refractivity contribution in [1.29, 1.82) is 0 Å². The third-order valence-corrected chi connectivity index (χ3v) is 4.62. The Balaban J connectivity index is 1.47. The van der Waals surface area contributed by atoms with E-state index in [-0.39, 0.29) is 12.1 Å². The van der Waals surface area contributed by atoms with Gasteiger partial charge in [-0.2, -0.15) is 0 Å². The molecule has 3 rings (SSSR count). The molecule has 2 fully saturated rings. The Morgan fingerprint density at radius 1 is 1.21 bits per heavy atom. The van der Waals surface area contributed by atoms with Gasteiger partial charge in [0.1, 0.15) is 11.6 Å². The summed E-state index contributed by atoms with van der Waals surface area (Å²) < 4.78 is 0. The zero-order valence-corrected chi connectivity index (χ0v) is 14.0. The summed E-state index contributed by atoms with van der Waals surface area (Å²) in [6.07, 6.45) is 1.70. The molecule has 0 spiro atoms. The second kappa shape index (κ2) is 6.62. The summed E-state index contributed by atoms with van der Waals surface area (Å²) in [5, 5.41) is 11.9. The molecule has 0 radical (unpaired) electrons. The van der Waals surface area contributed by atoms with E-state index in [9.17, 15) is 9.59 Å².